The minimum atomic E-state index is -4.02. The van der Waals surface area contributed by atoms with Crippen LogP contribution in [0.15, 0.2) is 11.6 Å². The molecule has 0 aromatic carbocycles. The number of nitrogens with zero attached hydrogens (tertiary/aromatic N) is 1. The molecule has 0 amide bonds. The molecule has 1 aromatic rings. The second-order valence-electron chi connectivity index (χ2n) is 5.18. The van der Waals surface area contributed by atoms with Crippen molar-refractivity contribution in [1.82, 2.24) is 10.3 Å². The highest BCUT2D eigenvalue weighted by atomic mass is 32.1. The smallest absolute Gasteiger partial charge is 0.316 e. The molecule has 1 aliphatic rings. The zero-order chi connectivity index (χ0) is 13.9. The number of alkyl halides is 3. The van der Waals surface area contributed by atoms with E-state index in [1.54, 1.807) is 17.5 Å². The number of rotatable bonds is 4. The summed E-state index contributed by atoms with van der Waals surface area (Å²) in [6.07, 6.45) is 0.411. The number of aromatic nitrogens is 1. The maximum Gasteiger partial charge on any atom is 0.391 e. The molecule has 0 saturated heterocycles. The first kappa shape index (κ1) is 14.8. The molecule has 0 aliphatic heterocycles. The van der Waals surface area contributed by atoms with Crippen molar-refractivity contribution in [3.05, 3.63) is 16.6 Å². The first-order valence-electron chi connectivity index (χ1n) is 6.63. The zero-order valence-electron chi connectivity index (χ0n) is 10.9. The van der Waals surface area contributed by atoms with Gasteiger partial charge >= 0.3 is 6.18 Å². The summed E-state index contributed by atoms with van der Waals surface area (Å²) in [5, 5.41) is 6.24. The van der Waals surface area contributed by atoms with Gasteiger partial charge in [0.2, 0.25) is 0 Å². The highest BCUT2D eigenvalue weighted by Crippen LogP contribution is 2.40. The van der Waals surface area contributed by atoms with Crippen molar-refractivity contribution >= 4 is 11.3 Å². The van der Waals surface area contributed by atoms with E-state index in [2.05, 4.69) is 10.3 Å². The monoisotopic (exact) mass is 292 g/mol. The Morgan fingerprint density at radius 2 is 2.05 bits per heavy atom. The van der Waals surface area contributed by atoms with Crippen LogP contribution in [0.3, 0.4) is 0 Å². The Hall–Kier alpha value is -0.620. The van der Waals surface area contributed by atoms with Gasteiger partial charge in [0.15, 0.2) is 0 Å². The molecule has 6 heteroatoms. The van der Waals surface area contributed by atoms with E-state index >= 15 is 0 Å². The molecule has 0 spiro atoms. The predicted octanol–water partition coefficient (Wildman–Crippen LogP) is 3.64. The summed E-state index contributed by atoms with van der Waals surface area (Å²) >= 11 is 1.60. The van der Waals surface area contributed by atoms with Gasteiger partial charge in [-0.15, -0.1) is 11.3 Å². The fourth-order valence-corrected chi connectivity index (χ4v) is 3.57. The molecule has 0 radical (unpaired) electrons. The third kappa shape index (κ3) is 3.92. The van der Waals surface area contributed by atoms with Gasteiger partial charge in [-0.05, 0) is 38.6 Å². The van der Waals surface area contributed by atoms with Gasteiger partial charge in [0.1, 0.15) is 0 Å². The van der Waals surface area contributed by atoms with E-state index in [0.717, 1.165) is 11.4 Å². The van der Waals surface area contributed by atoms with Crippen LogP contribution in [-0.4, -0.2) is 24.2 Å². The Balaban J connectivity index is 1.88. The van der Waals surface area contributed by atoms with Crippen molar-refractivity contribution in [3.8, 4) is 0 Å². The summed E-state index contributed by atoms with van der Waals surface area (Å²) in [6, 6.07) is 0.236. The first-order valence-corrected chi connectivity index (χ1v) is 7.51. The van der Waals surface area contributed by atoms with E-state index in [4.69, 9.17) is 0 Å². The molecule has 1 aliphatic carbocycles. The maximum atomic E-state index is 12.6. The number of thiazole rings is 1. The van der Waals surface area contributed by atoms with Gasteiger partial charge in [0.25, 0.3) is 0 Å². The number of hydrogen-bond donors (Lipinski definition) is 1. The van der Waals surface area contributed by atoms with E-state index in [1.807, 2.05) is 12.4 Å². The average molecular weight is 292 g/mol. The van der Waals surface area contributed by atoms with E-state index < -0.39 is 12.1 Å². The number of nitrogens with one attached hydrogen (secondary N) is 1. The van der Waals surface area contributed by atoms with Crippen LogP contribution in [0.25, 0.3) is 0 Å². The van der Waals surface area contributed by atoms with Crippen LogP contribution >= 0.6 is 11.3 Å². The van der Waals surface area contributed by atoms with Gasteiger partial charge in [-0.1, -0.05) is 0 Å². The summed E-state index contributed by atoms with van der Waals surface area (Å²) < 4.78 is 37.9. The third-order valence-corrected chi connectivity index (χ3v) is 4.85. The molecule has 1 saturated carbocycles. The lowest BCUT2D eigenvalue weighted by atomic mass is 9.77. The highest BCUT2D eigenvalue weighted by Gasteiger charge is 2.42. The molecule has 1 heterocycles. The highest BCUT2D eigenvalue weighted by molar-refractivity contribution is 7.09. The molecule has 0 bridgehead atoms. The molecule has 1 unspecified atom stereocenters. The van der Waals surface area contributed by atoms with Crippen molar-refractivity contribution in [1.29, 1.82) is 0 Å². The summed E-state index contributed by atoms with van der Waals surface area (Å²) in [6.45, 7) is 0. The number of likely N-dealkylation sites (N-methyl/N-ethyl adjacent to an activating group) is 1. The lowest BCUT2D eigenvalue weighted by Crippen LogP contribution is -2.39. The molecule has 2 nitrogen and oxygen atoms in total. The second-order valence-corrected chi connectivity index (χ2v) is 6.16. The molecule has 19 heavy (non-hydrogen) atoms. The summed E-state index contributed by atoms with van der Waals surface area (Å²) in [5.41, 5.74) is 0. The second kappa shape index (κ2) is 6.22. The van der Waals surface area contributed by atoms with Gasteiger partial charge in [0.05, 0.1) is 10.9 Å². The van der Waals surface area contributed by atoms with Gasteiger partial charge in [0, 0.05) is 24.0 Å². The fraction of sp³-hybridized carbons (Fsp3) is 0.769. The SMILES string of the molecule is CNC(Cc1nccs1)C1CCC(C(F)(F)F)CC1. The molecule has 108 valence electrons. The van der Waals surface area contributed by atoms with Crippen LogP contribution in [0.4, 0.5) is 13.2 Å². The molecule has 1 aromatic heterocycles. The lowest BCUT2D eigenvalue weighted by molar-refractivity contribution is -0.184. The van der Waals surface area contributed by atoms with Crippen LogP contribution in [0.2, 0.25) is 0 Å². The van der Waals surface area contributed by atoms with Crippen LogP contribution in [-0.2, 0) is 6.42 Å². The molecule has 1 fully saturated rings. The molecule has 1 atom stereocenters. The normalized spacial score (nSPS) is 26.3. The van der Waals surface area contributed by atoms with Crippen molar-refractivity contribution < 1.29 is 13.2 Å². The number of hydrogen-bond acceptors (Lipinski definition) is 3. The molecule has 2 rings (SSSR count). The van der Waals surface area contributed by atoms with E-state index in [-0.39, 0.29) is 18.9 Å². The third-order valence-electron chi connectivity index (χ3n) is 4.05. The Bertz CT molecular complexity index is 370. The quantitative estimate of drug-likeness (QED) is 0.916. The fourth-order valence-electron chi connectivity index (χ4n) is 2.90. The zero-order valence-corrected chi connectivity index (χ0v) is 11.7. The van der Waals surface area contributed by atoms with E-state index in [1.165, 1.54) is 0 Å². The van der Waals surface area contributed by atoms with Crippen LogP contribution in [0.1, 0.15) is 30.7 Å². The predicted molar refractivity (Wildman–Crippen MR) is 70.2 cm³/mol. The first-order chi connectivity index (χ1) is 9.00. The Morgan fingerprint density at radius 1 is 1.37 bits per heavy atom. The summed E-state index contributed by atoms with van der Waals surface area (Å²) in [4.78, 5) is 4.25. The minimum absolute atomic E-state index is 0.236. The van der Waals surface area contributed by atoms with Gasteiger partial charge in [-0.2, -0.15) is 13.2 Å². The van der Waals surface area contributed by atoms with Crippen molar-refractivity contribution in [2.75, 3.05) is 7.05 Å². The largest absolute Gasteiger partial charge is 0.391 e. The maximum absolute atomic E-state index is 12.6. The Kier molecular flexibility index (Phi) is 4.84. The van der Waals surface area contributed by atoms with E-state index in [0.29, 0.717) is 18.8 Å². The van der Waals surface area contributed by atoms with Crippen LogP contribution in [0, 0.1) is 11.8 Å². The molecular formula is C13H19F3N2S. The van der Waals surface area contributed by atoms with Gasteiger partial charge in [-0.25, -0.2) is 4.98 Å². The molecule has 1 N–H and O–H groups in total. The van der Waals surface area contributed by atoms with Gasteiger partial charge in [-0.3, -0.25) is 0 Å². The van der Waals surface area contributed by atoms with Crippen LogP contribution < -0.4 is 5.32 Å². The number of halogens is 3. The van der Waals surface area contributed by atoms with Crippen molar-refractivity contribution in [3.63, 3.8) is 0 Å². The van der Waals surface area contributed by atoms with Crippen LogP contribution in [0.5, 0.6) is 0 Å². The lowest BCUT2D eigenvalue weighted by Gasteiger charge is -2.34. The molecular weight excluding hydrogens is 273 g/mol. The minimum Gasteiger partial charge on any atom is -0.316 e. The topological polar surface area (TPSA) is 24.9 Å². The average Bonchev–Trinajstić information content (AvgIpc) is 2.88. The van der Waals surface area contributed by atoms with Gasteiger partial charge < -0.3 is 5.32 Å². The summed E-state index contributed by atoms with van der Waals surface area (Å²) in [5.74, 6) is -0.770. The Labute approximate surface area is 115 Å². The summed E-state index contributed by atoms with van der Waals surface area (Å²) in [7, 11) is 1.88. The van der Waals surface area contributed by atoms with Crippen molar-refractivity contribution in [2.45, 2.75) is 44.3 Å². The Morgan fingerprint density at radius 3 is 2.53 bits per heavy atom. The standard InChI is InChI=1S/C13H19F3N2S/c1-17-11(8-12-18-6-7-19-12)9-2-4-10(5-3-9)13(14,15)16/h6-7,9-11,17H,2-5,8H2,1H3. The van der Waals surface area contributed by atoms with E-state index in [9.17, 15) is 13.2 Å². The van der Waals surface area contributed by atoms with Crippen molar-refractivity contribution in [2.24, 2.45) is 11.8 Å².